The van der Waals surface area contributed by atoms with Gasteiger partial charge in [-0.05, 0) is 25.1 Å². The lowest BCUT2D eigenvalue weighted by atomic mass is 10.2. The van der Waals surface area contributed by atoms with Crippen molar-refractivity contribution in [3.05, 3.63) is 45.6 Å². The number of ether oxygens (including phenoxy) is 1. The molecule has 1 aromatic carbocycles. The molecule has 0 fully saturated rings. The maximum atomic E-state index is 11.9. The minimum atomic E-state index is -0.703. The molecule has 9 heteroatoms. The Hall–Kier alpha value is -2.12. The molecule has 1 atom stereocenters. The first-order chi connectivity index (χ1) is 10.9. The zero-order valence-electron chi connectivity index (χ0n) is 12.3. The van der Waals surface area contributed by atoms with Gasteiger partial charge in [-0.2, -0.15) is 0 Å². The lowest BCUT2D eigenvalue weighted by Gasteiger charge is -2.10. The number of rotatable bonds is 5. The van der Waals surface area contributed by atoms with Crippen LogP contribution < -0.4 is 5.32 Å². The van der Waals surface area contributed by atoms with Gasteiger partial charge in [0, 0.05) is 12.5 Å². The molecule has 0 bridgehead atoms. The number of benzene rings is 1. The van der Waals surface area contributed by atoms with Crippen molar-refractivity contribution in [3.63, 3.8) is 0 Å². The lowest BCUT2D eigenvalue weighted by molar-refractivity contribution is -0.148. The number of carbonyl (C=O) groups excluding carboxylic acids is 2. The Morgan fingerprint density at radius 1 is 1.30 bits per heavy atom. The Balaban J connectivity index is 1.86. The van der Waals surface area contributed by atoms with E-state index in [1.807, 2.05) is 0 Å². The third kappa shape index (κ3) is 4.67. The third-order valence-electron chi connectivity index (χ3n) is 2.77. The summed E-state index contributed by atoms with van der Waals surface area (Å²) in [5.74, 6) is -0.550. The number of amides is 1. The number of halogens is 2. The van der Waals surface area contributed by atoms with Gasteiger partial charge in [0.25, 0.3) is 11.8 Å². The van der Waals surface area contributed by atoms with E-state index in [0.29, 0.717) is 10.9 Å². The van der Waals surface area contributed by atoms with Crippen molar-refractivity contribution >= 4 is 35.1 Å². The maximum Gasteiger partial charge on any atom is 0.326 e. The molecule has 1 aromatic heterocycles. The number of carbonyl (C=O) groups is 2. The van der Waals surface area contributed by atoms with Crippen LogP contribution in [0.5, 0.6) is 0 Å². The monoisotopic (exact) mass is 357 g/mol. The Morgan fingerprint density at radius 3 is 2.65 bits per heavy atom. The van der Waals surface area contributed by atoms with E-state index in [-0.39, 0.29) is 23.0 Å². The molecule has 0 aliphatic rings. The highest BCUT2D eigenvalue weighted by atomic mass is 35.5. The van der Waals surface area contributed by atoms with E-state index < -0.39 is 18.0 Å². The minimum absolute atomic E-state index is 0.187. The van der Waals surface area contributed by atoms with Crippen LogP contribution in [0.2, 0.25) is 10.0 Å². The molecule has 0 spiro atoms. The zero-order valence-corrected chi connectivity index (χ0v) is 13.8. The van der Waals surface area contributed by atoms with Crippen molar-refractivity contribution < 1.29 is 18.7 Å². The summed E-state index contributed by atoms with van der Waals surface area (Å²) >= 11 is 11.6. The average molecular weight is 358 g/mol. The average Bonchev–Trinajstić information content (AvgIpc) is 2.94. The second kappa shape index (κ2) is 7.43. The fraction of sp³-hybridized carbons (Fsp3) is 0.286. The predicted octanol–water partition coefficient (Wildman–Crippen LogP) is 2.72. The Bertz CT molecular complexity index is 733. The molecule has 23 heavy (non-hydrogen) atoms. The smallest absolute Gasteiger partial charge is 0.326 e. The maximum absolute atomic E-state index is 11.9. The molecule has 1 N–H and O–H groups in total. The molecular weight excluding hydrogens is 345 g/mol. The van der Waals surface area contributed by atoms with E-state index in [1.165, 1.54) is 18.2 Å². The summed E-state index contributed by atoms with van der Waals surface area (Å²) in [5, 5.41) is 10.4. The van der Waals surface area contributed by atoms with E-state index in [2.05, 4.69) is 15.5 Å². The van der Waals surface area contributed by atoms with E-state index in [9.17, 15) is 9.59 Å². The summed E-state index contributed by atoms with van der Waals surface area (Å²) in [4.78, 5) is 23.6. The molecule has 0 aliphatic heterocycles. The highest BCUT2D eigenvalue weighted by Gasteiger charge is 2.18. The topological polar surface area (TPSA) is 94.3 Å². The Labute approximate surface area is 141 Å². The molecule has 1 amide bonds. The van der Waals surface area contributed by atoms with Crippen molar-refractivity contribution in [3.8, 4) is 0 Å². The molecule has 0 saturated carbocycles. The van der Waals surface area contributed by atoms with Crippen LogP contribution in [0, 0.1) is 6.92 Å². The van der Waals surface area contributed by atoms with Gasteiger partial charge in [0.15, 0.2) is 6.10 Å². The summed E-state index contributed by atoms with van der Waals surface area (Å²) < 4.78 is 10.2. The second-order valence-electron chi connectivity index (χ2n) is 4.60. The van der Waals surface area contributed by atoms with Crippen LogP contribution in [-0.4, -0.2) is 28.6 Å². The second-order valence-corrected chi connectivity index (χ2v) is 5.42. The molecular formula is C14H13Cl2N3O4. The van der Waals surface area contributed by atoms with Crippen LogP contribution in [0.25, 0.3) is 0 Å². The van der Waals surface area contributed by atoms with Crippen LogP contribution in [0.3, 0.4) is 0 Å². The van der Waals surface area contributed by atoms with Gasteiger partial charge in [-0.3, -0.25) is 9.59 Å². The number of esters is 1. The highest BCUT2D eigenvalue weighted by Crippen LogP contribution is 2.22. The summed E-state index contributed by atoms with van der Waals surface area (Å²) in [6, 6.07) is 4.41. The van der Waals surface area contributed by atoms with Gasteiger partial charge >= 0.3 is 5.97 Å². The van der Waals surface area contributed by atoms with Crippen LogP contribution in [0.15, 0.2) is 22.6 Å². The first-order valence-corrected chi connectivity index (χ1v) is 7.35. The molecule has 2 aromatic rings. The standard InChI is InChI=1S/C14H13Cl2N3O4/c1-7(14-19-18-8(2)23-14)22-12(20)6-17-13(21)9-3-4-10(15)11(16)5-9/h3-5,7H,6H2,1-2H3,(H,17,21). The molecule has 0 radical (unpaired) electrons. The van der Waals surface area contributed by atoms with Gasteiger partial charge in [-0.25, -0.2) is 0 Å². The Morgan fingerprint density at radius 2 is 2.04 bits per heavy atom. The van der Waals surface area contributed by atoms with Crippen LogP contribution in [-0.2, 0) is 9.53 Å². The van der Waals surface area contributed by atoms with Gasteiger partial charge in [0.05, 0.1) is 10.0 Å². The number of hydrogen-bond donors (Lipinski definition) is 1. The fourth-order valence-electron chi connectivity index (χ4n) is 1.66. The first-order valence-electron chi connectivity index (χ1n) is 6.59. The quantitative estimate of drug-likeness (QED) is 0.826. The highest BCUT2D eigenvalue weighted by molar-refractivity contribution is 6.42. The fourth-order valence-corrected chi connectivity index (χ4v) is 1.96. The molecule has 0 saturated heterocycles. The molecule has 0 aliphatic carbocycles. The van der Waals surface area contributed by atoms with E-state index in [1.54, 1.807) is 13.8 Å². The molecule has 2 rings (SSSR count). The van der Waals surface area contributed by atoms with E-state index in [4.69, 9.17) is 32.4 Å². The molecule has 1 heterocycles. The number of hydrogen-bond acceptors (Lipinski definition) is 6. The van der Waals surface area contributed by atoms with Gasteiger partial charge in [0.2, 0.25) is 5.89 Å². The van der Waals surface area contributed by atoms with Crippen LogP contribution >= 0.6 is 23.2 Å². The van der Waals surface area contributed by atoms with E-state index in [0.717, 1.165) is 0 Å². The van der Waals surface area contributed by atoms with Gasteiger partial charge in [-0.15, -0.1) is 10.2 Å². The van der Waals surface area contributed by atoms with Gasteiger partial charge in [0.1, 0.15) is 6.54 Å². The normalized spacial score (nSPS) is 11.8. The number of aromatic nitrogens is 2. The van der Waals surface area contributed by atoms with Crippen molar-refractivity contribution in [2.45, 2.75) is 20.0 Å². The van der Waals surface area contributed by atoms with Crippen LogP contribution in [0.4, 0.5) is 0 Å². The van der Waals surface area contributed by atoms with Crippen molar-refractivity contribution in [1.82, 2.24) is 15.5 Å². The number of nitrogens with one attached hydrogen (secondary N) is 1. The van der Waals surface area contributed by atoms with Crippen molar-refractivity contribution in [1.29, 1.82) is 0 Å². The van der Waals surface area contributed by atoms with E-state index >= 15 is 0 Å². The lowest BCUT2D eigenvalue weighted by Crippen LogP contribution is -2.31. The molecule has 7 nitrogen and oxygen atoms in total. The van der Waals surface area contributed by atoms with Crippen molar-refractivity contribution in [2.75, 3.05) is 6.54 Å². The summed E-state index contributed by atoms with van der Waals surface area (Å²) in [6.45, 7) is 2.91. The largest absolute Gasteiger partial charge is 0.451 e. The SMILES string of the molecule is Cc1nnc(C(C)OC(=O)CNC(=O)c2ccc(Cl)c(Cl)c2)o1. The Kier molecular flexibility index (Phi) is 5.57. The summed E-state index contributed by atoms with van der Waals surface area (Å²) in [7, 11) is 0. The predicted molar refractivity (Wildman–Crippen MR) is 82.3 cm³/mol. The molecule has 1 unspecified atom stereocenters. The van der Waals surface area contributed by atoms with Gasteiger partial charge < -0.3 is 14.5 Å². The van der Waals surface area contributed by atoms with Gasteiger partial charge in [-0.1, -0.05) is 23.2 Å². The van der Waals surface area contributed by atoms with Crippen molar-refractivity contribution in [2.24, 2.45) is 0 Å². The van der Waals surface area contributed by atoms with Crippen LogP contribution in [0.1, 0.15) is 35.2 Å². The number of aryl methyl sites for hydroxylation is 1. The first kappa shape index (κ1) is 17.2. The minimum Gasteiger partial charge on any atom is -0.451 e. The molecule has 122 valence electrons. The summed E-state index contributed by atoms with van der Waals surface area (Å²) in [5.41, 5.74) is 0.285. The third-order valence-corrected chi connectivity index (χ3v) is 3.51. The summed E-state index contributed by atoms with van der Waals surface area (Å²) in [6.07, 6.45) is -0.703. The zero-order chi connectivity index (χ0) is 17.0. The number of nitrogens with zero attached hydrogens (tertiary/aromatic N) is 2.